The van der Waals surface area contributed by atoms with E-state index in [2.05, 4.69) is 67.3 Å². The Morgan fingerprint density at radius 1 is 0.952 bits per heavy atom. The average molecular weight is 282 g/mol. The van der Waals surface area contributed by atoms with E-state index >= 15 is 0 Å². The van der Waals surface area contributed by atoms with E-state index in [1.807, 2.05) is 0 Å². The molecule has 2 N–H and O–H groups in total. The Bertz CT molecular complexity index is 549. The number of nitrogens with two attached hydrogens (primary N) is 1. The van der Waals surface area contributed by atoms with Gasteiger partial charge in [0.1, 0.15) is 0 Å². The molecule has 0 radical (unpaired) electrons. The van der Waals surface area contributed by atoms with Crippen LogP contribution >= 0.6 is 0 Å². The van der Waals surface area contributed by atoms with Crippen molar-refractivity contribution < 1.29 is 0 Å². The van der Waals surface area contributed by atoms with Crippen molar-refractivity contribution in [3.8, 4) is 0 Å². The molecule has 0 atom stereocenters. The largest absolute Gasteiger partial charge is 0.330 e. The summed E-state index contributed by atoms with van der Waals surface area (Å²) in [5, 5.41) is 0. The van der Waals surface area contributed by atoms with Gasteiger partial charge in [-0.25, -0.2) is 0 Å². The Hall–Kier alpha value is -1.64. The highest BCUT2D eigenvalue weighted by molar-refractivity contribution is 5.30. The molecule has 0 aliphatic rings. The summed E-state index contributed by atoms with van der Waals surface area (Å²) >= 11 is 0. The molecule has 0 aliphatic heterocycles. The average Bonchev–Trinajstić information content (AvgIpc) is 2.48. The highest BCUT2D eigenvalue weighted by atomic mass is 15.1. The van der Waals surface area contributed by atoms with Gasteiger partial charge in [-0.2, -0.15) is 0 Å². The maximum Gasteiger partial charge on any atom is 0.0239 e. The van der Waals surface area contributed by atoms with Crippen LogP contribution in [0.2, 0.25) is 0 Å². The topological polar surface area (TPSA) is 29.3 Å². The van der Waals surface area contributed by atoms with E-state index in [4.69, 9.17) is 5.73 Å². The molecule has 0 spiro atoms. The zero-order chi connectivity index (χ0) is 15.1. The molecule has 112 valence electrons. The fraction of sp³-hybridized carbons (Fsp3) is 0.368. The predicted octanol–water partition coefficient (Wildman–Crippen LogP) is 3.65. The van der Waals surface area contributed by atoms with Crippen LogP contribution in [0.3, 0.4) is 0 Å². The quantitative estimate of drug-likeness (QED) is 0.840. The molecule has 0 unspecified atom stereocenters. The number of aryl methyl sites for hydroxylation is 2. The minimum atomic E-state index is 0.748. The Balaban J connectivity index is 2.08. The van der Waals surface area contributed by atoms with Crippen molar-refractivity contribution in [1.29, 1.82) is 0 Å². The first-order chi connectivity index (χ1) is 10.2. The van der Waals surface area contributed by atoms with Crippen molar-refractivity contribution in [2.45, 2.75) is 33.4 Å². The van der Waals surface area contributed by atoms with Crippen molar-refractivity contribution in [2.75, 3.05) is 13.1 Å². The monoisotopic (exact) mass is 282 g/mol. The van der Waals surface area contributed by atoms with Crippen LogP contribution in [-0.2, 0) is 13.1 Å². The first kappa shape index (κ1) is 15.7. The molecule has 0 amide bonds. The molecule has 2 heteroatoms. The molecule has 0 heterocycles. The summed E-state index contributed by atoms with van der Waals surface area (Å²) < 4.78 is 0. The third-order valence-electron chi connectivity index (χ3n) is 3.82. The lowest BCUT2D eigenvalue weighted by atomic mass is 10.0. The van der Waals surface area contributed by atoms with Crippen molar-refractivity contribution in [1.82, 2.24) is 4.90 Å². The Morgan fingerprint density at radius 3 is 2.38 bits per heavy atom. The van der Waals surface area contributed by atoms with Gasteiger partial charge in [0.05, 0.1) is 0 Å². The number of benzene rings is 2. The lowest BCUT2D eigenvalue weighted by Crippen LogP contribution is -2.26. The highest BCUT2D eigenvalue weighted by Crippen LogP contribution is 2.15. The first-order valence-corrected chi connectivity index (χ1v) is 7.71. The summed E-state index contributed by atoms with van der Waals surface area (Å²) in [6, 6.07) is 17.4. The summed E-state index contributed by atoms with van der Waals surface area (Å²) in [7, 11) is 0. The molecule has 2 aromatic carbocycles. The number of hydrogen-bond donors (Lipinski definition) is 1. The zero-order valence-electron chi connectivity index (χ0n) is 13.2. The zero-order valence-corrected chi connectivity index (χ0v) is 13.2. The number of nitrogens with zero attached hydrogens (tertiary/aromatic N) is 1. The van der Waals surface area contributed by atoms with Gasteiger partial charge in [0, 0.05) is 19.6 Å². The first-order valence-electron chi connectivity index (χ1n) is 7.71. The molecule has 21 heavy (non-hydrogen) atoms. The van der Waals surface area contributed by atoms with Crippen LogP contribution in [0, 0.1) is 13.8 Å². The maximum absolute atomic E-state index is 5.69. The van der Waals surface area contributed by atoms with E-state index in [0.29, 0.717) is 0 Å². The summed E-state index contributed by atoms with van der Waals surface area (Å²) in [4.78, 5) is 2.49. The second-order valence-corrected chi connectivity index (χ2v) is 5.77. The van der Waals surface area contributed by atoms with Crippen LogP contribution in [0.5, 0.6) is 0 Å². The maximum atomic E-state index is 5.69. The van der Waals surface area contributed by atoms with Crippen molar-refractivity contribution >= 4 is 0 Å². The van der Waals surface area contributed by atoms with Gasteiger partial charge in [0.15, 0.2) is 0 Å². The summed E-state index contributed by atoms with van der Waals surface area (Å²) in [6.07, 6.45) is 1.04. The van der Waals surface area contributed by atoms with Crippen LogP contribution in [0.15, 0.2) is 48.5 Å². The van der Waals surface area contributed by atoms with Gasteiger partial charge in [-0.15, -0.1) is 0 Å². The normalized spacial score (nSPS) is 11.0. The van der Waals surface area contributed by atoms with Gasteiger partial charge in [0.2, 0.25) is 0 Å². The van der Waals surface area contributed by atoms with Crippen molar-refractivity contribution in [3.63, 3.8) is 0 Å². The fourth-order valence-electron chi connectivity index (χ4n) is 2.63. The molecule has 0 aromatic heterocycles. The molecule has 0 aliphatic carbocycles. The third kappa shape index (κ3) is 5.00. The van der Waals surface area contributed by atoms with Crippen molar-refractivity contribution in [3.05, 3.63) is 70.8 Å². The Kier molecular flexibility index (Phi) is 5.97. The summed E-state index contributed by atoms with van der Waals surface area (Å²) in [5.41, 5.74) is 11.2. The van der Waals surface area contributed by atoms with Crippen LogP contribution in [0.1, 0.15) is 28.7 Å². The van der Waals surface area contributed by atoms with Gasteiger partial charge < -0.3 is 5.73 Å². The molecule has 0 saturated carbocycles. The Labute approximate surface area is 128 Å². The lowest BCUT2D eigenvalue weighted by molar-refractivity contribution is 0.254. The summed E-state index contributed by atoms with van der Waals surface area (Å²) in [6.45, 7) is 8.10. The number of hydrogen-bond acceptors (Lipinski definition) is 2. The van der Waals surface area contributed by atoms with E-state index in [0.717, 1.165) is 32.6 Å². The van der Waals surface area contributed by atoms with E-state index in [-0.39, 0.29) is 0 Å². The van der Waals surface area contributed by atoms with Gasteiger partial charge in [-0.05, 0) is 43.5 Å². The molecule has 2 nitrogen and oxygen atoms in total. The SMILES string of the molecule is Cc1ccc(CN(CCCN)Cc2ccccc2)c(C)c1. The van der Waals surface area contributed by atoms with Crippen LogP contribution in [-0.4, -0.2) is 18.0 Å². The second-order valence-electron chi connectivity index (χ2n) is 5.77. The molecule has 2 rings (SSSR count). The van der Waals surface area contributed by atoms with Gasteiger partial charge in [-0.3, -0.25) is 4.90 Å². The van der Waals surface area contributed by atoms with E-state index in [1.165, 1.54) is 22.3 Å². The minimum Gasteiger partial charge on any atom is -0.330 e. The molecule has 0 saturated heterocycles. The van der Waals surface area contributed by atoms with E-state index < -0.39 is 0 Å². The molecular weight excluding hydrogens is 256 g/mol. The molecule has 0 fully saturated rings. The van der Waals surface area contributed by atoms with Gasteiger partial charge in [0.25, 0.3) is 0 Å². The number of rotatable bonds is 7. The standard InChI is InChI=1S/C19H26N2/c1-16-9-10-19(17(2)13-16)15-21(12-6-11-20)14-18-7-4-3-5-8-18/h3-5,7-10,13H,6,11-12,14-15,20H2,1-2H3. The molecule has 2 aromatic rings. The molecule has 0 bridgehead atoms. The Morgan fingerprint density at radius 2 is 1.71 bits per heavy atom. The third-order valence-corrected chi connectivity index (χ3v) is 3.82. The van der Waals surface area contributed by atoms with E-state index in [9.17, 15) is 0 Å². The minimum absolute atomic E-state index is 0.748. The van der Waals surface area contributed by atoms with Gasteiger partial charge >= 0.3 is 0 Å². The smallest absolute Gasteiger partial charge is 0.0239 e. The summed E-state index contributed by atoms with van der Waals surface area (Å²) in [5.74, 6) is 0. The van der Waals surface area contributed by atoms with Crippen LogP contribution in [0.4, 0.5) is 0 Å². The van der Waals surface area contributed by atoms with Gasteiger partial charge in [-0.1, -0.05) is 54.1 Å². The fourth-order valence-corrected chi connectivity index (χ4v) is 2.63. The van der Waals surface area contributed by atoms with Crippen LogP contribution in [0.25, 0.3) is 0 Å². The lowest BCUT2D eigenvalue weighted by Gasteiger charge is -2.23. The second kappa shape index (κ2) is 7.96. The van der Waals surface area contributed by atoms with Crippen molar-refractivity contribution in [2.24, 2.45) is 5.73 Å². The molecular formula is C19H26N2. The predicted molar refractivity (Wildman–Crippen MR) is 90.1 cm³/mol. The van der Waals surface area contributed by atoms with E-state index in [1.54, 1.807) is 0 Å². The van der Waals surface area contributed by atoms with Crippen LogP contribution < -0.4 is 5.73 Å². The highest BCUT2D eigenvalue weighted by Gasteiger charge is 2.08.